The molecule has 0 amide bonds. The van der Waals surface area contributed by atoms with Gasteiger partial charge < -0.3 is 14.8 Å². The first kappa shape index (κ1) is 13.8. The third kappa shape index (κ3) is 4.22. The van der Waals surface area contributed by atoms with E-state index in [9.17, 15) is 4.79 Å². The average Bonchev–Trinajstić information content (AvgIpc) is 2.48. The Bertz CT molecular complexity index is 400. The van der Waals surface area contributed by atoms with E-state index in [0.29, 0.717) is 12.2 Å². The molecule has 0 saturated carbocycles. The summed E-state index contributed by atoms with van der Waals surface area (Å²) in [5.74, 6) is 0.454. The topological polar surface area (TPSA) is 50.8 Å². The highest BCUT2D eigenvalue weighted by atomic mass is 16.5. The minimum Gasteiger partial charge on any atom is -0.492 e. The number of rotatable bonds is 5. The SMILES string of the molecule is COC(=O)c1ccc(OCCN2CCNCC2)cc1. The van der Waals surface area contributed by atoms with Gasteiger partial charge in [0.15, 0.2) is 0 Å². The lowest BCUT2D eigenvalue weighted by Gasteiger charge is -2.26. The van der Waals surface area contributed by atoms with Gasteiger partial charge in [0.1, 0.15) is 12.4 Å². The van der Waals surface area contributed by atoms with E-state index < -0.39 is 0 Å². The van der Waals surface area contributed by atoms with E-state index in [1.54, 1.807) is 24.3 Å². The molecule has 104 valence electrons. The summed E-state index contributed by atoms with van der Waals surface area (Å²) in [6, 6.07) is 7.02. The maximum absolute atomic E-state index is 11.3. The molecule has 1 aliphatic rings. The van der Waals surface area contributed by atoms with Crippen molar-refractivity contribution in [2.24, 2.45) is 0 Å². The van der Waals surface area contributed by atoms with Gasteiger partial charge >= 0.3 is 5.97 Å². The molecular formula is C14H20N2O3. The van der Waals surface area contributed by atoms with Crippen molar-refractivity contribution in [3.8, 4) is 5.75 Å². The van der Waals surface area contributed by atoms with Crippen LogP contribution in [0.1, 0.15) is 10.4 Å². The Morgan fingerprint density at radius 2 is 1.95 bits per heavy atom. The van der Waals surface area contributed by atoms with Crippen molar-refractivity contribution < 1.29 is 14.3 Å². The first-order valence-electron chi connectivity index (χ1n) is 6.54. The molecule has 0 aromatic heterocycles. The van der Waals surface area contributed by atoms with Crippen molar-refractivity contribution in [1.29, 1.82) is 0 Å². The Hall–Kier alpha value is -1.59. The molecule has 1 fully saturated rings. The van der Waals surface area contributed by atoms with Crippen molar-refractivity contribution in [3.63, 3.8) is 0 Å². The number of carbonyl (C=O) groups is 1. The van der Waals surface area contributed by atoms with Crippen LogP contribution in [0.3, 0.4) is 0 Å². The molecule has 5 heteroatoms. The van der Waals surface area contributed by atoms with Crippen molar-refractivity contribution in [2.75, 3.05) is 46.4 Å². The summed E-state index contributed by atoms with van der Waals surface area (Å²) in [6.07, 6.45) is 0. The Morgan fingerprint density at radius 3 is 2.58 bits per heavy atom. The normalized spacial score (nSPS) is 16.1. The van der Waals surface area contributed by atoms with E-state index in [1.807, 2.05) is 0 Å². The van der Waals surface area contributed by atoms with Gasteiger partial charge in [0.25, 0.3) is 0 Å². The fraction of sp³-hybridized carbons (Fsp3) is 0.500. The van der Waals surface area contributed by atoms with E-state index >= 15 is 0 Å². The van der Waals surface area contributed by atoms with Crippen molar-refractivity contribution in [1.82, 2.24) is 10.2 Å². The average molecular weight is 264 g/mol. The number of methoxy groups -OCH3 is 1. The third-order valence-electron chi connectivity index (χ3n) is 3.16. The molecule has 0 atom stereocenters. The summed E-state index contributed by atoms with van der Waals surface area (Å²) < 4.78 is 10.3. The molecule has 0 bridgehead atoms. The summed E-state index contributed by atoms with van der Waals surface area (Å²) in [5, 5.41) is 3.32. The minimum atomic E-state index is -0.327. The lowest BCUT2D eigenvalue weighted by molar-refractivity contribution is 0.0600. The van der Waals surface area contributed by atoms with Gasteiger partial charge in [0, 0.05) is 32.7 Å². The molecule has 19 heavy (non-hydrogen) atoms. The summed E-state index contributed by atoms with van der Waals surface area (Å²) >= 11 is 0. The number of nitrogens with one attached hydrogen (secondary N) is 1. The van der Waals surface area contributed by atoms with Crippen LogP contribution in [0.4, 0.5) is 0 Å². The first-order valence-corrected chi connectivity index (χ1v) is 6.54. The largest absolute Gasteiger partial charge is 0.492 e. The number of benzene rings is 1. The predicted octanol–water partition coefficient (Wildman–Crippen LogP) is 0.757. The summed E-state index contributed by atoms with van der Waals surface area (Å²) in [5.41, 5.74) is 0.539. The van der Waals surface area contributed by atoms with E-state index in [2.05, 4.69) is 15.0 Å². The van der Waals surface area contributed by atoms with Crippen LogP contribution < -0.4 is 10.1 Å². The molecule has 0 unspecified atom stereocenters. The standard InChI is InChI=1S/C14H20N2O3/c1-18-14(17)12-2-4-13(5-3-12)19-11-10-16-8-6-15-7-9-16/h2-5,15H,6-11H2,1H3. The Labute approximate surface area is 113 Å². The number of hydrogen-bond acceptors (Lipinski definition) is 5. The van der Waals surface area contributed by atoms with Crippen LogP contribution in [0.2, 0.25) is 0 Å². The molecule has 1 aromatic rings. The minimum absolute atomic E-state index is 0.327. The fourth-order valence-corrected chi connectivity index (χ4v) is 2.03. The molecule has 1 aliphatic heterocycles. The van der Waals surface area contributed by atoms with E-state index in [1.165, 1.54) is 7.11 Å². The molecule has 5 nitrogen and oxygen atoms in total. The second kappa shape index (κ2) is 7.11. The van der Waals surface area contributed by atoms with Gasteiger partial charge in [-0.2, -0.15) is 0 Å². The maximum atomic E-state index is 11.3. The highest BCUT2D eigenvalue weighted by molar-refractivity contribution is 5.89. The first-order chi connectivity index (χ1) is 9.29. The molecule has 1 heterocycles. The van der Waals surface area contributed by atoms with E-state index in [-0.39, 0.29) is 5.97 Å². The molecule has 0 radical (unpaired) electrons. The van der Waals surface area contributed by atoms with Gasteiger partial charge in [-0.05, 0) is 24.3 Å². The lowest BCUT2D eigenvalue weighted by atomic mass is 10.2. The molecule has 1 saturated heterocycles. The van der Waals surface area contributed by atoms with Gasteiger partial charge in [0.2, 0.25) is 0 Å². The van der Waals surface area contributed by atoms with E-state index in [4.69, 9.17) is 4.74 Å². The molecule has 1 aromatic carbocycles. The summed E-state index contributed by atoms with van der Waals surface area (Å²) in [4.78, 5) is 13.6. The Balaban J connectivity index is 1.75. The maximum Gasteiger partial charge on any atom is 0.337 e. The summed E-state index contributed by atoms with van der Waals surface area (Å²) in [6.45, 7) is 5.84. The van der Waals surface area contributed by atoms with Crippen molar-refractivity contribution in [3.05, 3.63) is 29.8 Å². The number of hydrogen-bond donors (Lipinski definition) is 1. The molecule has 2 rings (SSSR count). The Kier molecular flexibility index (Phi) is 5.18. The van der Waals surface area contributed by atoms with Gasteiger partial charge in [-0.15, -0.1) is 0 Å². The second-order valence-electron chi connectivity index (χ2n) is 4.46. The molecule has 0 spiro atoms. The highest BCUT2D eigenvalue weighted by Gasteiger charge is 2.09. The van der Waals surface area contributed by atoms with Crippen molar-refractivity contribution >= 4 is 5.97 Å². The number of piperazine rings is 1. The number of esters is 1. The molecule has 0 aliphatic carbocycles. The highest BCUT2D eigenvalue weighted by Crippen LogP contribution is 2.12. The quantitative estimate of drug-likeness (QED) is 0.796. The van der Waals surface area contributed by atoms with E-state index in [0.717, 1.165) is 38.5 Å². The number of carbonyl (C=O) groups excluding carboxylic acids is 1. The van der Waals surface area contributed by atoms with Crippen LogP contribution >= 0.6 is 0 Å². The van der Waals surface area contributed by atoms with Crippen LogP contribution in [0.5, 0.6) is 5.75 Å². The van der Waals surface area contributed by atoms with Gasteiger partial charge in [0.05, 0.1) is 12.7 Å². The molecule has 1 N–H and O–H groups in total. The molecular weight excluding hydrogens is 244 g/mol. The van der Waals surface area contributed by atoms with Crippen LogP contribution in [0.15, 0.2) is 24.3 Å². The number of nitrogens with zero attached hydrogens (tertiary/aromatic N) is 1. The Morgan fingerprint density at radius 1 is 1.26 bits per heavy atom. The zero-order valence-electron chi connectivity index (χ0n) is 11.2. The van der Waals surface area contributed by atoms with Crippen molar-refractivity contribution in [2.45, 2.75) is 0 Å². The van der Waals surface area contributed by atoms with Gasteiger partial charge in [-0.3, -0.25) is 4.90 Å². The van der Waals surface area contributed by atoms with Gasteiger partial charge in [-0.25, -0.2) is 4.79 Å². The number of ether oxygens (including phenoxy) is 2. The van der Waals surface area contributed by atoms with Crippen LogP contribution in [0, 0.1) is 0 Å². The predicted molar refractivity (Wildman–Crippen MR) is 72.6 cm³/mol. The smallest absolute Gasteiger partial charge is 0.337 e. The third-order valence-corrected chi connectivity index (χ3v) is 3.16. The zero-order valence-corrected chi connectivity index (χ0v) is 11.2. The van der Waals surface area contributed by atoms with Crippen LogP contribution in [0.25, 0.3) is 0 Å². The van der Waals surface area contributed by atoms with Gasteiger partial charge in [-0.1, -0.05) is 0 Å². The second-order valence-corrected chi connectivity index (χ2v) is 4.46. The fourth-order valence-electron chi connectivity index (χ4n) is 2.03. The van der Waals surface area contributed by atoms with Crippen LogP contribution in [-0.2, 0) is 4.74 Å². The lowest BCUT2D eigenvalue weighted by Crippen LogP contribution is -2.44. The summed E-state index contributed by atoms with van der Waals surface area (Å²) in [7, 11) is 1.38. The zero-order chi connectivity index (χ0) is 13.5. The monoisotopic (exact) mass is 264 g/mol. The van der Waals surface area contributed by atoms with Crippen LogP contribution in [-0.4, -0.2) is 57.3 Å².